The summed E-state index contributed by atoms with van der Waals surface area (Å²) < 4.78 is 7.92. The standard InChI is InChI=1S/C26H35N5O4/c1-15-12-29(25(34)35-26(3,4)5)13-16(2)22(15)31-14-20(17-6-7-17)19-10-18(11-27-23(19)31)30-9-8-21(32)28-24(30)33/h10-11,14-17,22H,6-9,12-13H2,1-5H3,(H,28,32,33)/t15-,16+,22?. The minimum Gasteiger partial charge on any atom is -0.444 e. The van der Waals surface area contributed by atoms with Crippen molar-refractivity contribution < 1.29 is 19.1 Å². The summed E-state index contributed by atoms with van der Waals surface area (Å²) in [5.74, 6) is 0.703. The van der Waals surface area contributed by atoms with E-state index < -0.39 is 11.6 Å². The summed E-state index contributed by atoms with van der Waals surface area (Å²) in [4.78, 5) is 45.0. The average molecular weight is 482 g/mol. The Kier molecular flexibility index (Phi) is 5.76. The lowest BCUT2D eigenvalue weighted by Crippen LogP contribution is -2.49. The zero-order valence-corrected chi connectivity index (χ0v) is 21.2. The fourth-order valence-electron chi connectivity index (χ4n) is 5.62. The van der Waals surface area contributed by atoms with Gasteiger partial charge in [0, 0.05) is 43.7 Å². The molecule has 0 aromatic carbocycles. The van der Waals surface area contributed by atoms with Gasteiger partial charge in [0.2, 0.25) is 5.91 Å². The number of likely N-dealkylation sites (tertiary alicyclic amines) is 1. The van der Waals surface area contributed by atoms with Crippen molar-refractivity contribution in [2.75, 3.05) is 24.5 Å². The number of rotatable bonds is 3. The largest absolute Gasteiger partial charge is 0.444 e. The number of urea groups is 1. The van der Waals surface area contributed by atoms with E-state index in [4.69, 9.17) is 9.72 Å². The number of piperidine rings is 1. The number of ether oxygens (including phenoxy) is 1. The smallest absolute Gasteiger partial charge is 0.410 e. The molecule has 9 heteroatoms. The topological polar surface area (TPSA) is 96.8 Å². The van der Waals surface area contributed by atoms with Crippen LogP contribution in [0.15, 0.2) is 18.5 Å². The summed E-state index contributed by atoms with van der Waals surface area (Å²) in [6.07, 6.45) is 6.32. The Labute approximate surface area is 205 Å². The third-order valence-electron chi connectivity index (χ3n) is 7.22. The molecular formula is C26H35N5O4. The molecule has 0 radical (unpaired) electrons. The average Bonchev–Trinajstić information content (AvgIpc) is 3.54. The first kappa shape index (κ1) is 23.6. The molecule has 3 aliphatic rings. The molecule has 4 heterocycles. The highest BCUT2D eigenvalue weighted by Crippen LogP contribution is 2.46. The lowest BCUT2D eigenvalue weighted by molar-refractivity contribution is -0.120. The summed E-state index contributed by atoms with van der Waals surface area (Å²) in [7, 11) is 0. The molecule has 2 aromatic rings. The minimum atomic E-state index is -0.517. The molecule has 1 aliphatic carbocycles. The summed E-state index contributed by atoms with van der Waals surface area (Å²) in [6.45, 7) is 11.6. The van der Waals surface area contributed by atoms with E-state index in [0.29, 0.717) is 31.2 Å². The molecule has 2 aliphatic heterocycles. The number of carbonyl (C=O) groups is 3. The number of nitrogens with zero attached hydrogens (tertiary/aromatic N) is 4. The number of carbonyl (C=O) groups excluding carboxylic acids is 3. The molecule has 0 spiro atoms. The molecule has 2 aromatic heterocycles. The van der Waals surface area contributed by atoms with E-state index in [2.05, 4.69) is 29.9 Å². The van der Waals surface area contributed by atoms with Crippen molar-refractivity contribution >= 4 is 34.8 Å². The molecule has 9 nitrogen and oxygen atoms in total. The van der Waals surface area contributed by atoms with Crippen LogP contribution in [0.1, 0.15) is 71.4 Å². The van der Waals surface area contributed by atoms with Gasteiger partial charge in [0.1, 0.15) is 11.2 Å². The maximum atomic E-state index is 12.7. The van der Waals surface area contributed by atoms with Gasteiger partial charge in [0.25, 0.3) is 0 Å². The fourth-order valence-corrected chi connectivity index (χ4v) is 5.62. The lowest BCUT2D eigenvalue weighted by Gasteiger charge is -2.42. The van der Waals surface area contributed by atoms with E-state index in [-0.39, 0.29) is 36.3 Å². The van der Waals surface area contributed by atoms with Gasteiger partial charge >= 0.3 is 12.1 Å². The Balaban J connectivity index is 1.45. The molecule has 1 saturated carbocycles. The second kappa shape index (κ2) is 8.53. The maximum absolute atomic E-state index is 12.7. The zero-order valence-electron chi connectivity index (χ0n) is 21.2. The molecule has 1 N–H and O–H groups in total. The zero-order chi connectivity index (χ0) is 25.1. The van der Waals surface area contributed by atoms with Crippen molar-refractivity contribution in [2.24, 2.45) is 11.8 Å². The highest BCUT2D eigenvalue weighted by molar-refractivity contribution is 6.06. The number of anilines is 1. The van der Waals surface area contributed by atoms with Gasteiger partial charge in [-0.25, -0.2) is 14.6 Å². The number of hydrogen-bond acceptors (Lipinski definition) is 5. The van der Waals surface area contributed by atoms with Gasteiger partial charge in [-0.15, -0.1) is 0 Å². The number of hydrogen-bond donors (Lipinski definition) is 1. The Bertz CT molecular complexity index is 1170. The van der Waals surface area contributed by atoms with Gasteiger partial charge in [-0.3, -0.25) is 15.0 Å². The van der Waals surface area contributed by atoms with Crippen LogP contribution < -0.4 is 10.2 Å². The van der Waals surface area contributed by atoms with Gasteiger partial charge in [-0.1, -0.05) is 13.8 Å². The number of imide groups is 1. The normalized spacial score (nSPS) is 25.7. The highest BCUT2D eigenvalue weighted by Gasteiger charge is 2.39. The van der Waals surface area contributed by atoms with E-state index in [1.54, 1.807) is 11.1 Å². The van der Waals surface area contributed by atoms with Gasteiger partial charge in [-0.2, -0.15) is 0 Å². The van der Waals surface area contributed by atoms with Crippen LogP contribution in [-0.2, 0) is 9.53 Å². The van der Waals surface area contributed by atoms with E-state index in [1.165, 1.54) is 5.56 Å². The van der Waals surface area contributed by atoms with Crippen molar-refractivity contribution in [3.05, 3.63) is 24.0 Å². The first-order chi connectivity index (χ1) is 16.5. The molecule has 2 saturated heterocycles. The predicted octanol–water partition coefficient (Wildman–Crippen LogP) is 4.42. The molecule has 4 amide bonds. The second-order valence-corrected chi connectivity index (χ2v) is 11.4. The molecule has 0 bridgehead atoms. The van der Waals surface area contributed by atoms with E-state index >= 15 is 0 Å². The van der Waals surface area contributed by atoms with E-state index in [9.17, 15) is 14.4 Å². The Morgan fingerprint density at radius 3 is 2.43 bits per heavy atom. The Hall–Kier alpha value is -3.10. The van der Waals surface area contributed by atoms with Crippen molar-refractivity contribution in [1.29, 1.82) is 0 Å². The summed E-state index contributed by atoms with van der Waals surface area (Å²) >= 11 is 0. The van der Waals surface area contributed by atoms with Gasteiger partial charge in [-0.05, 0) is 63.0 Å². The molecule has 3 atom stereocenters. The van der Waals surface area contributed by atoms with Crippen molar-refractivity contribution in [3.8, 4) is 0 Å². The van der Waals surface area contributed by atoms with Crippen LogP contribution in [-0.4, -0.2) is 57.7 Å². The molecule has 188 valence electrons. The second-order valence-electron chi connectivity index (χ2n) is 11.4. The van der Waals surface area contributed by atoms with Crippen LogP contribution in [0.4, 0.5) is 15.3 Å². The summed E-state index contributed by atoms with van der Waals surface area (Å²) in [5, 5.41) is 3.47. The minimum absolute atomic E-state index is 0.193. The Morgan fingerprint density at radius 1 is 1.14 bits per heavy atom. The highest BCUT2D eigenvalue weighted by atomic mass is 16.6. The number of nitrogens with one attached hydrogen (secondary N) is 1. The van der Waals surface area contributed by atoms with Crippen LogP contribution in [0.2, 0.25) is 0 Å². The van der Waals surface area contributed by atoms with Crippen LogP contribution >= 0.6 is 0 Å². The third-order valence-corrected chi connectivity index (χ3v) is 7.22. The molecule has 35 heavy (non-hydrogen) atoms. The van der Waals surface area contributed by atoms with Gasteiger partial charge < -0.3 is 14.2 Å². The molecule has 3 fully saturated rings. The Morgan fingerprint density at radius 2 is 1.83 bits per heavy atom. The third kappa shape index (κ3) is 4.60. The van der Waals surface area contributed by atoms with E-state index in [0.717, 1.165) is 23.9 Å². The van der Waals surface area contributed by atoms with Crippen LogP contribution in [0.3, 0.4) is 0 Å². The van der Waals surface area contributed by atoms with Crippen LogP contribution in [0.5, 0.6) is 0 Å². The quantitative estimate of drug-likeness (QED) is 0.700. The van der Waals surface area contributed by atoms with Crippen LogP contribution in [0.25, 0.3) is 11.0 Å². The van der Waals surface area contributed by atoms with Gasteiger partial charge in [0.15, 0.2) is 0 Å². The van der Waals surface area contributed by atoms with E-state index in [1.807, 2.05) is 31.7 Å². The van der Waals surface area contributed by atoms with Crippen molar-refractivity contribution in [2.45, 2.75) is 71.4 Å². The number of pyridine rings is 1. The lowest BCUT2D eigenvalue weighted by atomic mass is 9.85. The predicted molar refractivity (Wildman–Crippen MR) is 132 cm³/mol. The SMILES string of the molecule is C[C@@H]1CN(C(=O)OC(C)(C)C)C[C@H](C)C1n1cc(C2CC2)c2cc(N3CCC(=O)NC3=O)cnc21. The monoisotopic (exact) mass is 481 g/mol. The number of aromatic nitrogens is 2. The first-order valence-corrected chi connectivity index (χ1v) is 12.6. The van der Waals surface area contributed by atoms with Gasteiger partial charge in [0.05, 0.1) is 11.9 Å². The molecule has 5 rings (SSSR count). The number of fused-ring (bicyclic) bond motifs is 1. The van der Waals surface area contributed by atoms with Crippen molar-refractivity contribution in [1.82, 2.24) is 19.8 Å². The maximum Gasteiger partial charge on any atom is 0.410 e. The van der Waals surface area contributed by atoms with Crippen LogP contribution in [0, 0.1) is 11.8 Å². The molecule has 1 unspecified atom stereocenters. The summed E-state index contributed by atoms with van der Waals surface area (Å²) in [5.41, 5.74) is 2.38. The number of amides is 4. The fraction of sp³-hybridized carbons (Fsp3) is 0.615. The van der Waals surface area contributed by atoms with Crippen molar-refractivity contribution in [3.63, 3.8) is 0 Å². The first-order valence-electron chi connectivity index (χ1n) is 12.6. The summed E-state index contributed by atoms with van der Waals surface area (Å²) in [6, 6.07) is 1.84. The molecular weight excluding hydrogens is 446 g/mol.